The van der Waals surface area contributed by atoms with Gasteiger partial charge < -0.3 is 10.6 Å². The lowest BCUT2D eigenvalue weighted by Gasteiger charge is -2.22. The number of rotatable bonds is 4. The second-order valence-corrected chi connectivity index (χ2v) is 6.79. The van der Waals surface area contributed by atoms with Gasteiger partial charge >= 0.3 is 0 Å². The van der Waals surface area contributed by atoms with Crippen molar-refractivity contribution < 1.29 is 9.59 Å². The molecule has 8 heteroatoms. The normalized spacial score (nSPS) is 16.5. The zero-order valence-electron chi connectivity index (χ0n) is 15.4. The quantitative estimate of drug-likeness (QED) is 0.721. The van der Waals surface area contributed by atoms with Gasteiger partial charge in [0.1, 0.15) is 24.5 Å². The number of aromatic nitrogens is 4. The Labute approximate surface area is 162 Å². The fraction of sp³-hybridized carbons (Fsp3) is 0.250. The molecule has 2 N–H and O–H groups in total. The van der Waals surface area contributed by atoms with E-state index in [-0.39, 0.29) is 11.8 Å². The van der Waals surface area contributed by atoms with Crippen molar-refractivity contribution in [2.75, 3.05) is 6.54 Å². The lowest BCUT2D eigenvalue weighted by atomic mass is 10.0. The highest BCUT2D eigenvalue weighted by Gasteiger charge is 2.24. The molecule has 0 aliphatic carbocycles. The third-order valence-electron chi connectivity index (χ3n) is 4.69. The zero-order valence-corrected chi connectivity index (χ0v) is 15.4. The summed E-state index contributed by atoms with van der Waals surface area (Å²) in [5, 5.41) is 13.3. The Balaban J connectivity index is 1.65. The largest absolute Gasteiger partial charge is 0.354 e. The van der Waals surface area contributed by atoms with Crippen LogP contribution in [0.3, 0.4) is 0 Å². The molecule has 3 heterocycles. The van der Waals surface area contributed by atoms with Gasteiger partial charge in [0.25, 0.3) is 5.91 Å². The summed E-state index contributed by atoms with van der Waals surface area (Å²) in [6, 6.07) is 8.81. The molecule has 142 valence electrons. The van der Waals surface area contributed by atoms with Crippen LogP contribution in [-0.4, -0.2) is 44.1 Å². The van der Waals surface area contributed by atoms with Gasteiger partial charge in [0.15, 0.2) is 0 Å². The Hall–Kier alpha value is -3.55. The Morgan fingerprint density at radius 1 is 1.25 bits per heavy atom. The van der Waals surface area contributed by atoms with E-state index in [9.17, 15) is 9.59 Å². The zero-order chi connectivity index (χ0) is 19.5. The van der Waals surface area contributed by atoms with Crippen molar-refractivity contribution >= 4 is 11.8 Å². The van der Waals surface area contributed by atoms with Crippen molar-refractivity contribution in [2.24, 2.45) is 0 Å². The molecule has 28 heavy (non-hydrogen) atoms. The van der Waals surface area contributed by atoms with Gasteiger partial charge in [-0.25, -0.2) is 4.98 Å². The monoisotopic (exact) mass is 376 g/mol. The Morgan fingerprint density at radius 2 is 2.07 bits per heavy atom. The smallest absolute Gasteiger partial charge is 0.251 e. The Bertz CT molecular complexity index is 1020. The predicted molar refractivity (Wildman–Crippen MR) is 103 cm³/mol. The minimum absolute atomic E-state index is 0.131. The number of nitrogens with one attached hydrogen (secondary N) is 2. The highest BCUT2D eigenvalue weighted by Crippen LogP contribution is 2.27. The van der Waals surface area contributed by atoms with E-state index in [0.29, 0.717) is 24.3 Å². The van der Waals surface area contributed by atoms with Crippen LogP contribution in [0.25, 0.3) is 16.9 Å². The summed E-state index contributed by atoms with van der Waals surface area (Å²) >= 11 is 0. The van der Waals surface area contributed by atoms with Crippen molar-refractivity contribution in [3.05, 3.63) is 60.3 Å². The predicted octanol–water partition coefficient (Wildman–Crippen LogP) is 1.65. The van der Waals surface area contributed by atoms with Crippen molar-refractivity contribution in [2.45, 2.75) is 25.8 Å². The minimum Gasteiger partial charge on any atom is -0.354 e. The van der Waals surface area contributed by atoms with Gasteiger partial charge in [-0.05, 0) is 49.1 Å². The number of hydrogen-bond acceptors (Lipinski definition) is 5. The van der Waals surface area contributed by atoms with Crippen LogP contribution in [0, 0.1) is 6.92 Å². The molecule has 0 radical (unpaired) electrons. The molecule has 1 fully saturated rings. The van der Waals surface area contributed by atoms with E-state index in [0.717, 1.165) is 23.1 Å². The topological polar surface area (TPSA) is 102 Å². The second-order valence-electron chi connectivity index (χ2n) is 6.79. The number of piperidine rings is 1. The summed E-state index contributed by atoms with van der Waals surface area (Å²) < 4.78 is 1.73. The molecule has 1 atom stereocenters. The van der Waals surface area contributed by atoms with Gasteiger partial charge in [0.2, 0.25) is 5.91 Å². The maximum atomic E-state index is 12.7. The standard InChI is InChI=1S/C20H20N6O2/c1-13-8-16(18(22-10-13)26-11-23-24-12-26)14-4-2-5-15(9-14)19(27)25-17-6-3-7-21-20(17)28/h2,4-5,8-12,17H,3,6-7H2,1H3,(H,21,28)(H,25,27). The number of carbonyl (C=O) groups is 2. The lowest BCUT2D eigenvalue weighted by molar-refractivity contribution is -0.124. The van der Waals surface area contributed by atoms with Crippen LogP contribution >= 0.6 is 0 Å². The van der Waals surface area contributed by atoms with Gasteiger partial charge in [-0.1, -0.05) is 12.1 Å². The number of carbonyl (C=O) groups excluding carboxylic acids is 2. The van der Waals surface area contributed by atoms with Gasteiger partial charge in [0, 0.05) is 23.9 Å². The summed E-state index contributed by atoms with van der Waals surface area (Å²) in [4.78, 5) is 29.1. The molecule has 2 amide bonds. The summed E-state index contributed by atoms with van der Waals surface area (Å²) in [5.74, 6) is 0.281. The third kappa shape index (κ3) is 3.62. The summed E-state index contributed by atoms with van der Waals surface area (Å²) in [7, 11) is 0. The number of amides is 2. The maximum Gasteiger partial charge on any atom is 0.251 e. The van der Waals surface area contributed by atoms with Gasteiger partial charge in [0.05, 0.1) is 0 Å². The van der Waals surface area contributed by atoms with Gasteiger partial charge in [-0.15, -0.1) is 10.2 Å². The molecule has 3 aromatic rings. The summed E-state index contributed by atoms with van der Waals surface area (Å²) in [6.07, 6.45) is 6.45. The van der Waals surface area contributed by atoms with E-state index in [2.05, 4.69) is 25.8 Å². The van der Waals surface area contributed by atoms with E-state index in [1.54, 1.807) is 35.6 Å². The number of aryl methyl sites for hydroxylation is 1. The van der Waals surface area contributed by atoms with Crippen LogP contribution in [-0.2, 0) is 4.79 Å². The molecule has 0 spiro atoms. The Kier molecular flexibility index (Phi) is 4.84. The first-order valence-corrected chi connectivity index (χ1v) is 9.12. The molecular weight excluding hydrogens is 356 g/mol. The number of hydrogen-bond donors (Lipinski definition) is 2. The number of benzene rings is 1. The van der Waals surface area contributed by atoms with Crippen molar-refractivity contribution in [1.82, 2.24) is 30.4 Å². The fourth-order valence-corrected chi connectivity index (χ4v) is 3.27. The molecule has 8 nitrogen and oxygen atoms in total. The maximum absolute atomic E-state index is 12.7. The van der Waals surface area contributed by atoms with E-state index < -0.39 is 6.04 Å². The first kappa shape index (κ1) is 17.8. The van der Waals surface area contributed by atoms with Crippen molar-refractivity contribution in [1.29, 1.82) is 0 Å². The molecule has 2 aromatic heterocycles. The van der Waals surface area contributed by atoms with Crippen LogP contribution in [0.4, 0.5) is 0 Å². The summed E-state index contributed by atoms with van der Waals surface area (Å²) in [6.45, 7) is 2.62. The van der Waals surface area contributed by atoms with Gasteiger partial charge in [-0.3, -0.25) is 14.2 Å². The average molecular weight is 376 g/mol. The van der Waals surface area contributed by atoms with E-state index in [4.69, 9.17) is 0 Å². The van der Waals surface area contributed by atoms with Crippen LogP contribution < -0.4 is 10.6 Å². The van der Waals surface area contributed by atoms with E-state index in [1.807, 2.05) is 25.1 Å². The molecule has 4 rings (SSSR count). The van der Waals surface area contributed by atoms with E-state index in [1.165, 1.54) is 0 Å². The molecule has 0 saturated carbocycles. The molecule has 1 saturated heterocycles. The molecule has 1 aliphatic rings. The molecule has 1 unspecified atom stereocenters. The van der Waals surface area contributed by atoms with Gasteiger partial charge in [-0.2, -0.15) is 0 Å². The van der Waals surface area contributed by atoms with Crippen LogP contribution in [0.1, 0.15) is 28.8 Å². The van der Waals surface area contributed by atoms with Crippen LogP contribution in [0.2, 0.25) is 0 Å². The average Bonchev–Trinajstić information content (AvgIpc) is 3.24. The number of pyridine rings is 1. The Morgan fingerprint density at radius 3 is 2.86 bits per heavy atom. The van der Waals surface area contributed by atoms with Crippen LogP contribution in [0.15, 0.2) is 49.2 Å². The van der Waals surface area contributed by atoms with Crippen LogP contribution in [0.5, 0.6) is 0 Å². The SMILES string of the molecule is Cc1cnc(-n2cnnc2)c(-c2cccc(C(=O)NC3CCCNC3=O)c2)c1. The molecular formula is C20H20N6O2. The first-order chi connectivity index (χ1) is 13.6. The highest BCUT2D eigenvalue weighted by molar-refractivity contribution is 5.98. The van der Waals surface area contributed by atoms with Crippen molar-refractivity contribution in [3.63, 3.8) is 0 Å². The third-order valence-corrected chi connectivity index (χ3v) is 4.69. The molecule has 0 bridgehead atoms. The van der Waals surface area contributed by atoms with E-state index >= 15 is 0 Å². The number of nitrogens with zero attached hydrogens (tertiary/aromatic N) is 4. The highest BCUT2D eigenvalue weighted by atomic mass is 16.2. The second kappa shape index (κ2) is 7.59. The summed E-state index contributed by atoms with van der Waals surface area (Å²) in [5.41, 5.74) is 3.21. The lowest BCUT2D eigenvalue weighted by Crippen LogP contribution is -2.50. The molecule has 1 aliphatic heterocycles. The fourth-order valence-electron chi connectivity index (χ4n) is 3.27. The van der Waals surface area contributed by atoms with Crippen molar-refractivity contribution in [3.8, 4) is 16.9 Å². The molecule has 1 aromatic carbocycles. The first-order valence-electron chi connectivity index (χ1n) is 9.12. The minimum atomic E-state index is -0.488.